The van der Waals surface area contributed by atoms with Crippen molar-refractivity contribution in [3.8, 4) is 0 Å². The quantitative estimate of drug-likeness (QED) is 0.710. The molecule has 3 atom stereocenters. The maximum atomic E-state index is 9.83. The van der Waals surface area contributed by atoms with Gasteiger partial charge in [0, 0.05) is 19.0 Å². The lowest BCUT2D eigenvalue weighted by atomic mass is 10.00. The standard InChI is InChI=1S/C11H16N4O/c12-10-3-4-11(14-13-10)15-5-7-1-2-9(16)8(7)6-15/h3-4,7-9,16H,1-2,5-6H2,(H2,12,13). The molecule has 3 N–H and O–H groups in total. The van der Waals surface area contributed by atoms with Crippen LogP contribution >= 0.6 is 0 Å². The monoisotopic (exact) mass is 220 g/mol. The molecule has 2 heterocycles. The van der Waals surface area contributed by atoms with Gasteiger partial charge in [0.2, 0.25) is 0 Å². The highest BCUT2D eigenvalue weighted by Crippen LogP contribution is 2.39. The van der Waals surface area contributed by atoms with E-state index in [1.165, 1.54) is 0 Å². The van der Waals surface area contributed by atoms with Gasteiger partial charge < -0.3 is 15.7 Å². The Morgan fingerprint density at radius 3 is 2.81 bits per heavy atom. The summed E-state index contributed by atoms with van der Waals surface area (Å²) in [5, 5.41) is 17.8. The summed E-state index contributed by atoms with van der Waals surface area (Å²) in [5.41, 5.74) is 5.51. The zero-order valence-corrected chi connectivity index (χ0v) is 9.08. The van der Waals surface area contributed by atoms with E-state index in [2.05, 4.69) is 15.1 Å². The lowest BCUT2D eigenvalue weighted by Crippen LogP contribution is -2.25. The molecule has 0 amide bonds. The predicted octanol–water partition coefficient (Wildman–Crippen LogP) is 0.266. The number of fused-ring (bicyclic) bond motifs is 1. The lowest BCUT2D eigenvalue weighted by Gasteiger charge is -2.18. The second kappa shape index (κ2) is 3.59. The number of hydrogen-bond acceptors (Lipinski definition) is 5. The number of anilines is 2. The number of aromatic nitrogens is 2. The lowest BCUT2D eigenvalue weighted by molar-refractivity contribution is 0.133. The third kappa shape index (κ3) is 1.51. The van der Waals surface area contributed by atoms with E-state index in [9.17, 15) is 5.11 Å². The van der Waals surface area contributed by atoms with E-state index in [0.29, 0.717) is 17.7 Å². The number of nitrogen functional groups attached to an aromatic ring is 1. The molecule has 86 valence electrons. The van der Waals surface area contributed by atoms with Gasteiger partial charge in [0.05, 0.1) is 6.10 Å². The van der Waals surface area contributed by atoms with Crippen molar-refractivity contribution in [1.82, 2.24) is 10.2 Å². The van der Waals surface area contributed by atoms with E-state index in [-0.39, 0.29) is 6.10 Å². The van der Waals surface area contributed by atoms with E-state index in [4.69, 9.17) is 5.73 Å². The molecule has 3 rings (SSSR count). The molecule has 1 aromatic rings. The van der Waals surface area contributed by atoms with Gasteiger partial charge in [-0.2, -0.15) is 0 Å². The first kappa shape index (κ1) is 9.84. The Bertz CT molecular complexity index is 380. The van der Waals surface area contributed by atoms with Crippen LogP contribution in [0.25, 0.3) is 0 Å². The number of rotatable bonds is 1. The SMILES string of the molecule is Nc1ccc(N2CC3CCC(O)C3C2)nn1. The summed E-state index contributed by atoms with van der Waals surface area (Å²) >= 11 is 0. The van der Waals surface area contributed by atoms with E-state index < -0.39 is 0 Å². The van der Waals surface area contributed by atoms with Crippen LogP contribution in [-0.4, -0.2) is 34.5 Å². The molecule has 3 unspecified atom stereocenters. The van der Waals surface area contributed by atoms with Crippen LogP contribution in [0.2, 0.25) is 0 Å². The van der Waals surface area contributed by atoms with Crippen molar-refractivity contribution in [3.05, 3.63) is 12.1 Å². The maximum absolute atomic E-state index is 9.83. The fraction of sp³-hybridized carbons (Fsp3) is 0.636. The summed E-state index contributed by atoms with van der Waals surface area (Å²) in [5.74, 6) is 2.35. The van der Waals surface area contributed by atoms with Gasteiger partial charge in [-0.05, 0) is 30.9 Å². The van der Waals surface area contributed by atoms with Crippen molar-refractivity contribution in [3.63, 3.8) is 0 Å². The van der Waals surface area contributed by atoms with Crippen LogP contribution in [0.15, 0.2) is 12.1 Å². The van der Waals surface area contributed by atoms with Crippen LogP contribution < -0.4 is 10.6 Å². The molecule has 0 spiro atoms. The van der Waals surface area contributed by atoms with Crippen LogP contribution in [0.5, 0.6) is 0 Å². The van der Waals surface area contributed by atoms with Crippen molar-refractivity contribution in [2.75, 3.05) is 23.7 Å². The van der Waals surface area contributed by atoms with E-state index in [1.54, 1.807) is 6.07 Å². The van der Waals surface area contributed by atoms with E-state index in [1.807, 2.05) is 6.07 Å². The Morgan fingerprint density at radius 2 is 2.12 bits per heavy atom. The highest BCUT2D eigenvalue weighted by molar-refractivity contribution is 5.42. The second-order valence-electron chi connectivity index (χ2n) is 4.79. The second-order valence-corrected chi connectivity index (χ2v) is 4.79. The molecule has 0 aromatic carbocycles. The zero-order chi connectivity index (χ0) is 11.1. The molecule has 16 heavy (non-hydrogen) atoms. The smallest absolute Gasteiger partial charge is 0.151 e. The van der Waals surface area contributed by atoms with E-state index in [0.717, 1.165) is 31.7 Å². The largest absolute Gasteiger partial charge is 0.393 e. The summed E-state index contributed by atoms with van der Waals surface area (Å²) < 4.78 is 0. The van der Waals surface area contributed by atoms with Crippen molar-refractivity contribution >= 4 is 11.6 Å². The Labute approximate surface area is 94.3 Å². The molecular weight excluding hydrogens is 204 g/mol. The molecule has 1 aliphatic carbocycles. The minimum absolute atomic E-state index is 0.128. The third-order valence-electron chi connectivity index (χ3n) is 3.81. The number of aliphatic hydroxyl groups is 1. The van der Waals surface area contributed by atoms with Crippen LogP contribution in [0.3, 0.4) is 0 Å². The van der Waals surface area contributed by atoms with Crippen LogP contribution in [-0.2, 0) is 0 Å². The predicted molar refractivity (Wildman–Crippen MR) is 60.9 cm³/mol. The third-order valence-corrected chi connectivity index (χ3v) is 3.81. The van der Waals surface area contributed by atoms with Crippen LogP contribution in [0.4, 0.5) is 11.6 Å². The van der Waals surface area contributed by atoms with Gasteiger partial charge in [0.1, 0.15) is 5.82 Å². The summed E-state index contributed by atoms with van der Waals surface area (Å²) in [4.78, 5) is 2.20. The fourth-order valence-electron chi connectivity index (χ4n) is 2.93. The molecule has 2 fully saturated rings. The zero-order valence-electron chi connectivity index (χ0n) is 9.08. The van der Waals surface area contributed by atoms with Gasteiger partial charge in [0.15, 0.2) is 5.82 Å². The molecule has 5 nitrogen and oxygen atoms in total. The van der Waals surface area contributed by atoms with Crippen molar-refractivity contribution in [2.24, 2.45) is 11.8 Å². The summed E-state index contributed by atoms with van der Waals surface area (Å²) in [6.45, 7) is 1.88. The Hall–Kier alpha value is -1.36. The normalized spacial score (nSPS) is 33.1. The van der Waals surface area contributed by atoms with Gasteiger partial charge in [-0.1, -0.05) is 0 Å². The molecule has 1 aromatic heterocycles. The minimum Gasteiger partial charge on any atom is -0.393 e. The van der Waals surface area contributed by atoms with Crippen LogP contribution in [0.1, 0.15) is 12.8 Å². The molecule has 1 saturated heterocycles. The molecule has 1 saturated carbocycles. The highest BCUT2D eigenvalue weighted by atomic mass is 16.3. The topological polar surface area (TPSA) is 75.3 Å². The molecule has 2 aliphatic rings. The Balaban J connectivity index is 1.76. The number of aliphatic hydroxyl groups excluding tert-OH is 1. The minimum atomic E-state index is -0.128. The summed E-state index contributed by atoms with van der Waals surface area (Å²) in [6.07, 6.45) is 1.96. The molecule has 0 radical (unpaired) electrons. The van der Waals surface area contributed by atoms with Gasteiger partial charge >= 0.3 is 0 Å². The number of nitrogens with two attached hydrogens (primary N) is 1. The fourth-order valence-corrected chi connectivity index (χ4v) is 2.93. The highest BCUT2D eigenvalue weighted by Gasteiger charge is 2.42. The van der Waals surface area contributed by atoms with Gasteiger partial charge in [-0.25, -0.2) is 0 Å². The molecule has 5 heteroatoms. The van der Waals surface area contributed by atoms with Crippen molar-refractivity contribution in [1.29, 1.82) is 0 Å². The first-order valence-electron chi connectivity index (χ1n) is 5.76. The first-order valence-corrected chi connectivity index (χ1v) is 5.76. The van der Waals surface area contributed by atoms with Crippen LogP contribution in [0, 0.1) is 11.8 Å². The first-order chi connectivity index (χ1) is 7.74. The summed E-state index contributed by atoms with van der Waals surface area (Å²) in [6, 6.07) is 3.67. The van der Waals surface area contributed by atoms with E-state index >= 15 is 0 Å². The van der Waals surface area contributed by atoms with Crippen molar-refractivity contribution in [2.45, 2.75) is 18.9 Å². The van der Waals surface area contributed by atoms with Gasteiger partial charge in [-0.15, -0.1) is 10.2 Å². The number of nitrogens with zero attached hydrogens (tertiary/aromatic N) is 3. The van der Waals surface area contributed by atoms with Gasteiger partial charge in [0.25, 0.3) is 0 Å². The molecule has 0 bridgehead atoms. The number of hydrogen-bond donors (Lipinski definition) is 2. The average molecular weight is 220 g/mol. The molecular formula is C11H16N4O. The summed E-state index contributed by atoms with van der Waals surface area (Å²) in [7, 11) is 0. The average Bonchev–Trinajstić information content (AvgIpc) is 2.83. The van der Waals surface area contributed by atoms with Gasteiger partial charge in [-0.3, -0.25) is 0 Å². The Morgan fingerprint density at radius 1 is 1.25 bits per heavy atom. The van der Waals surface area contributed by atoms with Crippen molar-refractivity contribution < 1.29 is 5.11 Å². The maximum Gasteiger partial charge on any atom is 0.151 e. The molecule has 1 aliphatic heterocycles. The Kier molecular flexibility index (Phi) is 2.21.